The van der Waals surface area contributed by atoms with E-state index in [4.69, 9.17) is 0 Å². The second-order valence-electron chi connectivity index (χ2n) is 5.17. The van der Waals surface area contributed by atoms with Gasteiger partial charge in [-0.05, 0) is 43.2 Å². The highest BCUT2D eigenvalue weighted by Crippen LogP contribution is 2.41. The van der Waals surface area contributed by atoms with Crippen LogP contribution in [0, 0.1) is 6.92 Å². The third kappa shape index (κ3) is 1.93. The molecule has 0 unspecified atom stereocenters. The molecule has 1 fully saturated rings. The quantitative estimate of drug-likeness (QED) is 0.781. The zero-order chi connectivity index (χ0) is 11.1. The van der Waals surface area contributed by atoms with Crippen LogP contribution in [0.1, 0.15) is 55.7 Å². The first-order valence-electron chi connectivity index (χ1n) is 5.86. The third-order valence-corrected chi connectivity index (χ3v) is 3.48. The van der Waals surface area contributed by atoms with Gasteiger partial charge in [0.2, 0.25) is 0 Å². The lowest BCUT2D eigenvalue weighted by Gasteiger charge is -2.37. The van der Waals surface area contributed by atoms with E-state index in [2.05, 4.69) is 39.0 Å². The summed E-state index contributed by atoms with van der Waals surface area (Å²) in [5.41, 5.74) is 3.20. The highest BCUT2D eigenvalue weighted by Gasteiger charge is 2.36. The second-order valence-corrected chi connectivity index (χ2v) is 5.17. The molecule has 0 aromatic heterocycles. The molecule has 1 saturated carbocycles. The Kier molecular flexibility index (Phi) is 2.59. The summed E-state index contributed by atoms with van der Waals surface area (Å²) < 4.78 is 0. The maximum absolute atomic E-state index is 10.3. The fraction of sp³-hybridized carbons (Fsp3) is 0.571. The molecule has 0 atom stereocenters. The fourth-order valence-corrected chi connectivity index (χ4v) is 2.22. The zero-order valence-corrected chi connectivity index (χ0v) is 9.88. The molecule has 1 aliphatic carbocycles. The molecule has 0 saturated heterocycles. The van der Waals surface area contributed by atoms with Gasteiger partial charge in [-0.2, -0.15) is 0 Å². The number of aliphatic hydroxyl groups is 1. The van der Waals surface area contributed by atoms with Gasteiger partial charge in [0.25, 0.3) is 0 Å². The molecule has 1 nitrogen and oxygen atoms in total. The first-order chi connectivity index (χ1) is 7.01. The monoisotopic (exact) mass is 204 g/mol. The van der Waals surface area contributed by atoms with E-state index in [0.29, 0.717) is 5.92 Å². The van der Waals surface area contributed by atoms with Crippen LogP contribution in [0.5, 0.6) is 0 Å². The molecule has 0 radical (unpaired) electrons. The maximum atomic E-state index is 10.3. The van der Waals surface area contributed by atoms with Gasteiger partial charge in [0, 0.05) is 0 Å². The van der Waals surface area contributed by atoms with Crippen LogP contribution in [-0.4, -0.2) is 5.11 Å². The molecule has 0 aliphatic heterocycles. The lowest BCUT2D eigenvalue weighted by atomic mass is 9.74. The molecular weight excluding hydrogens is 184 g/mol. The number of aryl methyl sites for hydroxylation is 1. The summed E-state index contributed by atoms with van der Waals surface area (Å²) in [5.74, 6) is 0.535. The second kappa shape index (κ2) is 3.64. The van der Waals surface area contributed by atoms with E-state index in [-0.39, 0.29) is 0 Å². The van der Waals surface area contributed by atoms with Crippen LogP contribution in [0.3, 0.4) is 0 Å². The van der Waals surface area contributed by atoms with E-state index in [1.54, 1.807) is 0 Å². The van der Waals surface area contributed by atoms with Crippen molar-refractivity contribution >= 4 is 0 Å². The molecule has 1 aliphatic rings. The minimum absolute atomic E-state index is 0.518. The Morgan fingerprint density at radius 2 is 1.87 bits per heavy atom. The Morgan fingerprint density at radius 3 is 2.33 bits per heavy atom. The van der Waals surface area contributed by atoms with Crippen LogP contribution < -0.4 is 0 Å². The summed E-state index contributed by atoms with van der Waals surface area (Å²) in [6.45, 7) is 6.50. The van der Waals surface area contributed by atoms with E-state index >= 15 is 0 Å². The number of rotatable bonds is 2. The van der Waals surface area contributed by atoms with E-state index in [9.17, 15) is 5.11 Å². The van der Waals surface area contributed by atoms with Gasteiger partial charge in [-0.25, -0.2) is 0 Å². The van der Waals surface area contributed by atoms with Gasteiger partial charge in [-0.1, -0.05) is 37.6 Å². The Bertz CT molecular complexity index is 362. The summed E-state index contributed by atoms with van der Waals surface area (Å²) in [6, 6.07) is 6.53. The highest BCUT2D eigenvalue weighted by atomic mass is 16.3. The average molecular weight is 204 g/mol. The largest absolute Gasteiger partial charge is 0.385 e. The molecule has 1 heteroatoms. The van der Waals surface area contributed by atoms with Crippen molar-refractivity contribution in [2.24, 2.45) is 0 Å². The molecule has 0 heterocycles. The first kappa shape index (κ1) is 10.7. The van der Waals surface area contributed by atoms with E-state index < -0.39 is 5.60 Å². The van der Waals surface area contributed by atoms with Crippen LogP contribution in [0.25, 0.3) is 0 Å². The van der Waals surface area contributed by atoms with Crippen LogP contribution in [0.2, 0.25) is 0 Å². The first-order valence-corrected chi connectivity index (χ1v) is 5.86. The molecule has 82 valence electrons. The third-order valence-electron chi connectivity index (χ3n) is 3.48. The topological polar surface area (TPSA) is 20.2 Å². The Hall–Kier alpha value is -0.820. The number of benzene rings is 1. The normalized spacial score (nSPS) is 19.0. The predicted octanol–water partition coefficient (Wildman–Crippen LogP) is 3.49. The summed E-state index contributed by atoms with van der Waals surface area (Å²) >= 11 is 0. The Balaban J connectivity index is 2.39. The van der Waals surface area contributed by atoms with Crippen molar-refractivity contribution in [2.75, 3.05) is 0 Å². The van der Waals surface area contributed by atoms with Crippen LogP contribution in [0.4, 0.5) is 0 Å². The lowest BCUT2D eigenvalue weighted by Crippen LogP contribution is -2.33. The van der Waals surface area contributed by atoms with E-state index in [0.717, 1.165) is 24.8 Å². The maximum Gasteiger partial charge on any atom is 0.0896 e. The lowest BCUT2D eigenvalue weighted by molar-refractivity contribution is -0.0389. The smallest absolute Gasteiger partial charge is 0.0896 e. The molecule has 2 rings (SSSR count). The Labute approximate surface area is 92.1 Å². The van der Waals surface area contributed by atoms with Gasteiger partial charge in [0.05, 0.1) is 5.60 Å². The van der Waals surface area contributed by atoms with Crippen molar-refractivity contribution in [1.82, 2.24) is 0 Å². The molecule has 0 amide bonds. The summed E-state index contributed by atoms with van der Waals surface area (Å²) in [7, 11) is 0. The Morgan fingerprint density at radius 1 is 1.20 bits per heavy atom. The van der Waals surface area contributed by atoms with Crippen LogP contribution >= 0.6 is 0 Å². The van der Waals surface area contributed by atoms with Crippen molar-refractivity contribution in [2.45, 2.75) is 51.6 Å². The molecule has 0 bridgehead atoms. The predicted molar refractivity (Wildman–Crippen MR) is 63.0 cm³/mol. The van der Waals surface area contributed by atoms with Crippen LogP contribution in [-0.2, 0) is 5.60 Å². The zero-order valence-electron chi connectivity index (χ0n) is 9.88. The van der Waals surface area contributed by atoms with Gasteiger partial charge >= 0.3 is 0 Å². The number of hydrogen-bond donors (Lipinski definition) is 1. The minimum Gasteiger partial charge on any atom is -0.385 e. The van der Waals surface area contributed by atoms with Crippen molar-refractivity contribution in [1.29, 1.82) is 0 Å². The van der Waals surface area contributed by atoms with Crippen molar-refractivity contribution in [3.8, 4) is 0 Å². The van der Waals surface area contributed by atoms with E-state index in [1.165, 1.54) is 11.1 Å². The molecular formula is C14H20O. The summed E-state index contributed by atoms with van der Waals surface area (Å²) in [6.07, 6.45) is 3.00. The minimum atomic E-state index is -0.518. The summed E-state index contributed by atoms with van der Waals surface area (Å²) in [4.78, 5) is 0. The van der Waals surface area contributed by atoms with Crippen molar-refractivity contribution < 1.29 is 5.11 Å². The molecule has 1 aromatic carbocycles. The molecule has 15 heavy (non-hydrogen) atoms. The highest BCUT2D eigenvalue weighted by molar-refractivity contribution is 5.35. The van der Waals surface area contributed by atoms with Gasteiger partial charge in [-0.3, -0.25) is 0 Å². The molecule has 0 spiro atoms. The van der Waals surface area contributed by atoms with Crippen molar-refractivity contribution in [3.05, 3.63) is 34.9 Å². The number of hydrogen-bond acceptors (Lipinski definition) is 1. The standard InChI is InChI=1S/C14H20O/c1-10(2)12-7-11(3)8-13(9-12)14(15)5-4-6-14/h7-10,15H,4-6H2,1-3H3. The van der Waals surface area contributed by atoms with Gasteiger partial charge < -0.3 is 5.11 Å². The van der Waals surface area contributed by atoms with Gasteiger partial charge in [0.1, 0.15) is 0 Å². The van der Waals surface area contributed by atoms with Crippen molar-refractivity contribution in [3.63, 3.8) is 0 Å². The van der Waals surface area contributed by atoms with E-state index in [1.807, 2.05) is 0 Å². The van der Waals surface area contributed by atoms with Gasteiger partial charge in [-0.15, -0.1) is 0 Å². The van der Waals surface area contributed by atoms with Crippen LogP contribution in [0.15, 0.2) is 18.2 Å². The summed E-state index contributed by atoms with van der Waals surface area (Å²) in [5, 5.41) is 10.3. The molecule has 1 N–H and O–H groups in total. The SMILES string of the molecule is Cc1cc(C(C)C)cc(C2(O)CCC2)c1. The fourth-order valence-electron chi connectivity index (χ4n) is 2.22. The average Bonchev–Trinajstić information content (AvgIpc) is 2.13. The van der Waals surface area contributed by atoms with Gasteiger partial charge in [0.15, 0.2) is 0 Å². The molecule has 1 aromatic rings.